The Labute approximate surface area is 194 Å². The van der Waals surface area contributed by atoms with E-state index in [9.17, 15) is 26.4 Å². The molecule has 1 saturated carbocycles. The zero-order valence-corrected chi connectivity index (χ0v) is 19.2. The molecule has 0 saturated heterocycles. The molecule has 0 amide bonds. The Morgan fingerprint density at radius 1 is 1.06 bits per heavy atom. The minimum atomic E-state index is -4.48. The number of nitrogens with one attached hydrogen (secondary N) is 1. The van der Waals surface area contributed by atoms with Gasteiger partial charge in [0.1, 0.15) is 5.78 Å². The van der Waals surface area contributed by atoms with E-state index in [4.69, 9.17) is 0 Å². The molecular weight excluding hydrogens is 471 g/mol. The fourth-order valence-electron chi connectivity index (χ4n) is 3.58. The molecule has 3 aromatic rings. The summed E-state index contributed by atoms with van der Waals surface area (Å²) in [5.74, 6) is 0.0738. The Morgan fingerprint density at radius 2 is 1.85 bits per heavy atom. The highest BCUT2D eigenvalue weighted by molar-refractivity contribution is 7.89. The van der Waals surface area contributed by atoms with Gasteiger partial charge < -0.3 is 0 Å². The first-order valence-corrected chi connectivity index (χ1v) is 12.9. The number of benzene rings is 2. The molecule has 0 spiro atoms. The van der Waals surface area contributed by atoms with Crippen LogP contribution in [-0.2, 0) is 33.8 Å². The van der Waals surface area contributed by atoms with E-state index < -0.39 is 21.8 Å². The molecule has 1 fully saturated rings. The van der Waals surface area contributed by atoms with Crippen LogP contribution in [0.1, 0.15) is 29.5 Å². The number of carbonyl (C=O) groups excluding carboxylic acids is 1. The fraction of sp³-hybridized carbons (Fsp3) is 0.292. The third kappa shape index (κ3) is 6.10. The molecule has 9 heteroatoms. The van der Waals surface area contributed by atoms with E-state index in [1.807, 2.05) is 16.8 Å². The number of thiophene rings is 1. The Bertz CT molecular complexity index is 1250. The highest BCUT2D eigenvalue weighted by Crippen LogP contribution is 2.32. The molecule has 0 radical (unpaired) electrons. The fourth-order valence-corrected chi connectivity index (χ4v) is 5.40. The maximum atomic E-state index is 13.0. The molecule has 1 heterocycles. The van der Waals surface area contributed by atoms with Crippen molar-refractivity contribution in [1.82, 2.24) is 4.72 Å². The number of Topliss-reactive ketones (excluding diaryl/α,β-unsaturated/α-hetero) is 1. The van der Waals surface area contributed by atoms with Crippen LogP contribution in [0, 0.1) is 5.92 Å². The van der Waals surface area contributed by atoms with Crippen molar-refractivity contribution in [3.63, 3.8) is 0 Å². The molecule has 0 aliphatic heterocycles. The third-order valence-corrected chi connectivity index (χ3v) is 7.63. The number of hydrogen-bond acceptors (Lipinski definition) is 4. The summed E-state index contributed by atoms with van der Waals surface area (Å²) >= 11 is 1.47. The Kier molecular flexibility index (Phi) is 6.74. The van der Waals surface area contributed by atoms with Gasteiger partial charge in [-0.25, -0.2) is 13.1 Å². The normalized spacial score (nSPS) is 14.4. The lowest BCUT2D eigenvalue weighted by Crippen LogP contribution is -2.26. The van der Waals surface area contributed by atoms with Crippen molar-refractivity contribution in [2.75, 3.05) is 6.54 Å². The zero-order valence-electron chi connectivity index (χ0n) is 17.6. The first-order chi connectivity index (χ1) is 15.6. The van der Waals surface area contributed by atoms with Crippen molar-refractivity contribution in [2.45, 2.75) is 36.8 Å². The highest BCUT2D eigenvalue weighted by Gasteiger charge is 2.30. The smallest absolute Gasteiger partial charge is 0.299 e. The van der Waals surface area contributed by atoms with E-state index in [2.05, 4.69) is 4.72 Å². The van der Waals surface area contributed by atoms with Crippen LogP contribution < -0.4 is 4.72 Å². The highest BCUT2D eigenvalue weighted by atomic mass is 32.2. The molecular formula is C24H22F3NO3S2. The van der Waals surface area contributed by atoms with Gasteiger partial charge in [-0.15, -0.1) is 0 Å². The Hall–Kier alpha value is -2.49. The summed E-state index contributed by atoms with van der Waals surface area (Å²) < 4.78 is 67.0. The van der Waals surface area contributed by atoms with Gasteiger partial charge in [-0.05, 0) is 76.0 Å². The average Bonchev–Trinajstić information content (AvgIpc) is 3.43. The molecule has 2 aromatic carbocycles. The molecule has 1 aliphatic carbocycles. The SMILES string of the molecule is O=C(Cc1cccc(C(F)(F)F)c1)Cc1cc(S(=O)(=O)NCC2CC2)ccc1-c1ccsc1. The van der Waals surface area contributed by atoms with Crippen molar-refractivity contribution < 1.29 is 26.4 Å². The Balaban J connectivity index is 1.58. The van der Waals surface area contributed by atoms with Gasteiger partial charge in [0.15, 0.2) is 0 Å². The van der Waals surface area contributed by atoms with Gasteiger partial charge in [0.05, 0.1) is 10.5 Å². The van der Waals surface area contributed by atoms with Gasteiger partial charge in [0, 0.05) is 19.4 Å². The molecule has 1 N–H and O–H groups in total. The number of hydrogen-bond donors (Lipinski definition) is 1. The van der Waals surface area contributed by atoms with E-state index in [1.54, 1.807) is 6.07 Å². The van der Waals surface area contributed by atoms with E-state index in [0.29, 0.717) is 18.0 Å². The molecule has 1 aliphatic rings. The van der Waals surface area contributed by atoms with Crippen molar-refractivity contribution in [1.29, 1.82) is 0 Å². The largest absolute Gasteiger partial charge is 0.416 e. The summed E-state index contributed by atoms with van der Waals surface area (Å²) in [5.41, 5.74) is 1.58. The second kappa shape index (κ2) is 9.40. The lowest BCUT2D eigenvalue weighted by Gasteiger charge is -2.13. The average molecular weight is 494 g/mol. The Morgan fingerprint density at radius 3 is 2.52 bits per heavy atom. The maximum absolute atomic E-state index is 13.0. The maximum Gasteiger partial charge on any atom is 0.416 e. The molecule has 4 nitrogen and oxygen atoms in total. The van der Waals surface area contributed by atoms with Crippen LogP contribution in [0.2, 0.25) is 0 Å². The van der Waals surface area contributed by atoms with Crippen molar-refractivity contribution in [3.8, 4) is 11.1 Å². The molecule has 1 aromatic heterocycles. The number of alkyl halides is 3. The quantitative estimate of drug-likeness (QED) is 0.430. The standard InChI is InChI=1S/C24H22F3NO3S2/c25-24(26,27)20-3-1-2-17(10-20)11-21(29)12-19-13-22(33(30,31)28-14-16-4-5-16)6-7-23(19)18-8-9-32-15-18/h1-3,6-10,13,15-16,28H,4-5,11-12,14H2. The number of carbonyl (C=O) groups is 1. The first kappa shape index (κ1) is 23.7. The lowest BCUT2D eigenvalue weighted by atomic mass is 9.95. The summed E-state index contributed by atoms with van der Waals surface area (Å²) in [6.45, 7) is 0.387. The number of ketones is 1. The van der Waals surface area contributed by atoms with E-state index in [1.165, 1.54) is 35.6 Å². The lowest BCUT2D eigenvalue weighted by molar-refractivity contribution is -0.137. The monoisotopic (exact) mass is 493 g/mol. The van der Waals surface area contributed by atoms with Gasteiger partial charge in [-0.1, -0.05) is 24.3 Å². The third-order valence-electron chi connectivity index (χ3n) is 5.52. The van der Waals surface area contributed by atoms with Gasteiger partial charge in [-0.2, -0.15) is 24.5 Å². The van der Waals surface area contributed by atoms with Crippen LogP contribution >= 0.6 is 11.3 Å². The second-order valence-electron chi connectivity index (χ2n) is 8.22. The van der Waals surface area contributed by atoms with Crippen LogP contribution in [0.5, 0.6) is 0 Å². The minimum absolute atomic E-state index is 0.0731. The van der Waals surface area contributed by atoms with E-state index >= 15 is 0 Å². The van der Waals surface area contributed by atoms with Crippen LogP contribution in [0.3, 0.4) is 0 Å². The predicted molar refractivity (Wildman–Crippen MR) is 122 cm³/mol. The van der Waals surface area contributed by atoms with Crippen LogP contribution in [0.4, 0.5) is 13.2 Å². The topological polar surface area (TPSA) is 63.2 Å². The summed E-state index contributed by atoms with van der Waals surface area (Å²) in [4.78, 5) is 12.9. The van der Waals surface area contributed by atoms with Crippen LogP contribution in [-0.4, -0.2) is 20.7 Å². The summed E-state index contributed by atoms with van der Waals surface area (Å²) in [6.07, 6.45) is -2.73. The van der Waals surface area contributed by atoms with Crippen LogP contribution in [0.25, 0.3) is 11.1 Å². The number of rotatable bonds is 9. The number of halogens is 3. The van der Waals surface area contributed by atoms with Gasteiger partial charge >= 0.3 is 6.18 Å². The van der Waals surface area contributed by atoms with Crippen molar-refractivity contribution >= 4 is 27.1 Å². The zero-order chi connectivity index (χ0) is 23.6. The summed E-state index contributed by atoms with van der Waals surface area (Å²) in [6, 6.07) is 11.3. The summed E-state index contributed by atoms with van der Waals surface area (Å²) in [5, 5.41) is 3.78. The molecule has 0 bridgehead atoms. The predicted octanol–water partition coefficient (Wildman–Crippen LogP) is 5.48. The van der Waals surface area contributed by atoms with Crippen molar-refractivity contribution in [2.24, 2.45) is 5.92 Å². The molecule has 0 atom stereocenters. The first-order valence-electron chi connectivity index (χ1n) is 10.4. The molecule has 0 unspecified atom stereocenters. The minimum Gasteiger partial charge on any atom is -0.299 e. The summed E-state index contributed by atoms with van der Waals surface area (Å²) in [7, 11) is -3.72. The molecule has 33 heavy (non-hydrogen) atoms. The number of sulfonamides is 1. The molecule has 174 valence electrons. The molecule has 4 rings (SSSR count). The second-order valence-corrected chi connectivity index (χ2v) is 10.8. The van der Waals surface area contributed by atoms with Gasteiger partial charge in [0.25, 0.3) is 0 Å². The van der Waals surface area contributed by atoms with E-state index in [0.717, 1.165) is 36.1 Å². The van der Waals surface area contributed by atoms with Crippen LogP contribution in [0.15, 0.2) is 64.2 Å². The van der Waals surface area contributed by atoms with E-state index in [-0.39, 0.29) is 29.1 Å². The van der Waals surface area contributed by atoms with Gasteiger partial charge in [0.2, 0.25) is 10.0 Å². The van der Waals surface area contributed by atoms with Gasteiger partial charge in [-0.3, -0.25) is 4.79 Å². The van der Waals surface area contributed by atoms with Crippen molar-refractivity contribution in [3.05, 3.63) is 76.0 Å².